The van der Waals surface area contributed by atoms with Gasteiger partial charge in [0.25, 0.3) is 0 Å². The van der Waals surface area contributed by atoms with Gasteiger partial charge in [-0.2, -0.15) is 0 Å². The maximum Gasteiger partial charge on any atom is 0.238 e. The van der Waals surface area contributed by atoms with E-state index in [9.17, 15) is 9.18 Å². The number of likely N-dealkylation sites (N-methyl/N-ethyl adjacent to an activating group) is 1. The molecule has 2 fully saturated rings. The van der Waals surface area contributed by atoms with E-state index in [0.717, 1.165) is 25.1 Å². The largest absolute Gasteiger partial charge is 0.353 e. The fraction of sp³-hybridized carbons (Fsp3) is 0.588. The number of piperidine rings is 1. The van der Waals surface area contributed by atoms with Crippen LogP contribution in [0.15, 0.2) is 24.3 Å². The zero-order chi connectivity index (χ0) is 17.1. The molecule has 4 unspecified atom stereocenters. The van der Waals surface area contributed by atoms with E-state index in [2.05, 4.69) is 21.5 Å². The molecule has 2 aliphatic heterocycles. The van der Waals surface area contributed by atoms with E-state index >= 15 is 0 Å². The van der Waals surface area contributed by atoms with Crippen LogP contribution < -0.4 is 21.5 Å². The van der Waals surface area contributed by atoms with Crippen LogP contribution in [-0.4, -0.2) is 56.6 Å². The maximum absolute atomic E-state index is 13.5. The van der Waals surface area contributed by atoms with E-state index in [-0.39, 0.29) is 29.7 Å². The molecule has 0 spiro atoms. The summed E-state index contributed by atoms with van der Waals surface area (Å²) in [5.41, 5.74) is 7.21. The van der Waals surface area contributed by atoms with Gasteiger partial charge in [0.2, 0.25) is 5.91 Å². The lowest BCUT2D eigenvalue weighted by Gasteiger charge is -2.29. The lowest BCUT2D eigenvalue weighted by atomic mass is 9.89. The molecular formula is C17H26FN5O. The Morgan fingerprint density at radius 2 is 2.25 bits per heavy atom. The number of halogens is 1. The highest BCUT2D eigenvalue weighted by Crippen LogP contribution is 2.21. The van der Waals surface area contributed by atoms with Gasteiger partial charge in [0.05, 0.1) is 6.04 Å². The molecule has 1 aromatic carbocycles. The molecule has 0 aliphatic carbocycles. The minimum atomic E-state index is -0.261. The molecule has 1 amide bonds. The molecule has 0 aromatic heterocycles. The summed E-state index contributed by atoms with van der Waals surface area (Å²) in [4.78, 5) is 14.6. The Bertz CT molecular complexity index is 582. The number of amides is 1. The second kappa shape index (κ2) is 7.57. The van der Waals surface area contributed by atoms with Crippen LogP contribution in [0.1, 0.15) is 18.0 Å². The third-order valence-corrected chi connectivity index (χ3v) is 4.99. The normalized spacial score (nSPS) is 27.8. The second-order valence-corrected chi connectivity index (χ2v) is 6.81. The molecule has 132 valence electrons. The molecule has 4 atom stereocenters. The zero-order valence-corrected chi connectivity index (χ0v) is 14.2. The van der Waals surface area contributed by atoms with Gasteiger partial charge in [-0.3, -0.25) is 10.2 Å². The van der Waals surface area contributed by atoms with Crippen molar-refractivity contribution in [1.29, 1.82) is 0 Å². The van der Waals surface area contributed by atoms with Crippen LogP contribution in [-0.2, 0) is 4.79 Å². The highest BCUT2D eigenvalue weighted by atomic mass is 19.1. The van der Waals surface area contributed by atoms with E-state index in [1.807, 2.05) is 25.1 Å². The summed E-state index contributed by atoms with van der Waals surface area (Å²) in [5.74, 6) is -0.0175. The molecule has 3 rings (SSSR count). The van der Waals surface area contributed by atoms with Crippen molar-refractivity contribution < 1.29 is 9.18 Å². The van der Waals surface area contributed by atoms with Gasteiger partial charge in [-0.15, -0.1) is 0 Å². The highest BCUT2D eigenvalue weighted by Gasteiger charge is 2.41. The Morgan fingerprint density at radius 3 is 3.00 bits per heavy atom. The number of nitrogens with one attached hydrogen (secondary N) is 4. The lowest BCUT2D eigenvalue weighted by molar-refractivity contribution is -0.124. The molecular weight excluding hydrogens is 309 g/mol. The van der Waals surface area contributed by atoms with E-state index in [1.165, 1.54) is 12.1 Å². The fourth-order valence-electron chi connectivity index (χ4n) is 3.60. The minimum absolute atomic E-state index is 0.0121. The first-order chi connectivity index (χ1) is 11.6. The Balaban J connectivity index is 1.61. The van der Waals surface area contributed by atoms with Crippen molar-refractivity contribution in [2.45, 2.75) is 24.5 Å². The Morgan fingerprint density at radius 1 is 1.42 bits per heavy atom. The first kappa shape index (κ1) is 17.3. The minimum Gasteiger partial charge on any atom is -0.353 e. The molecule has 4 N–H and O–H groups in total. The number of carbonyl (C=O) groups is 1. The number of nitrogens with zero attached hydrogens (tertiary/aromatic N) is 1. The van der Waals surface area contributed by atoms with Gasteiger partial charge in [-0.05, 0) is 44.8 Å². The molecule has 0 bridgehead atoms. The average Bonchev–Trinajstić information content (AvgIpc) is 2.99. The highest BCUT2D eigenvalue weighted by molar-refractivity contribution is 5.82. The van der Waals surface area contributed by atoms with Crippen LogP contribution in [0.5, 0.6) is 0 Å². The third-order valence-electron chi connectivity index (χ3n) is 4.99. The van der Waals surface area contributed by atoms with E-state index in [1.54, 1.807) is 6.07 Å². The summed E-state index contributed by atoms with van der Waals surface area (Å²) in [7, 11) is 3.86. The van der Waals surface area contributed by atoms with E-state index < -0.39 is 0 Å². The molecule has 0 saturated carbocycles. The Kier molecular flexibility index (Phi) is 5.45. The Labute approximate surface area is 142 Å². The molecule has 2 heterocycles. The number of hydrazine groups is 1. The van der Waals surface area contributed by atoms with Gasteiger partial charge in [0.1, 0.15) is 11.9 Å². The lowest BCUT2D eigenvalue weighted by Crippen LogP contribution is -2.50. The van der Waals surface area contributed by atoms with Gasteiger partial charge in [-0.1, -0.05) is 12.1 Å². The molecule has 24 heavy (non-hydrogen) atoms. The van der Waals surface area contributed by atoms with Crippen molar-refractivity contribution in [3.8, 4) is 0 Å². The maximum atomic E-state index is 13.5. The molecule has 6 nitrogen and oxygen atoms in total. The number of hydrogen-bond acceptors (Lipinski definition) is 5. The van der Waals surface area contributed by atoms with Crippen molar-refractivity contribution in [3.05, 3.63) is 35.6 Å². The molecule has 2 saturated heterocycles. The topological polar surface area (TPSA) is 68.4 Å². The van der Waals surface area contributed by atoms with Crippen LogP contribution in [0.4, 0.5) is 4.39 Å². The first-order valence-electron chi connectivity index (χ1n) is 8.47. The van der Waals surface area contributed by atoms with Crippen molar-refractivity contribution in [3.63, 3.8) is 0 Å². The summed E-state index contributed by atoms with van der Waals surface area (Å²) in [6, 6.07) is 6.57. The van der Waals surface area contributed by atoms with E-state index in [4.69, 9.17) is 0 Å². The SMILES string of the molecule is CN(C)C(CNC(=O)C1NNC2CCNCC21)c1cccc(F)c1. The van der Waals surface area contributed by atoms with Gasteiger partial charge < -0.3 is 15.5 Å². The summed E-state index contributed by atoms with van der Waals surface area (Å²) >= 11 is 0. The zero-order valence-electron chi connectivity index (χ0n) is 14.2. The third kappa shape index (κ3) is 3.75. The number of rotatable bonds is 5. The number of fused-ring (bicyclic) bond motifs is 1. The van der Waals surface area contributed by atoms with Crippen LogP contribution in [0.25, 0.3) is 0 Å². The summed E-state index contributed by atoms with van der Waals surface area (Å²) in [6.07, 6.45) is 1.02. The van der Waals surface area contributed by atoms with Crippen LogP contribution >= 0.6 is 0 Å². The van der Waals surface area contributed by atoms with Crippen LogP contribution in [0.2, 0.25) is 0 Å². The number of benzene rings is 1. The van der Waals surface area contributed by atoms with Crippen molar-refractivity contribution >= 4 is 5.91 Å². The number of carbonyl (C=O) groups excluding carboxylic acids is 1. The van der Waals surface area contributed by atoms with Gasteiger partial charge >= 0.3 is 0 Å². The standard InChI is InChI=1S/C17H26FN5O/c1-23(2)15(11-4-3-5-12(18)8-11)10-20-17(24)16-13-9-19-7-6-14(13)21-22-16/h3-5,8,13-16,19,21-22H,6-7,9-10H2,1-2H3,(H,20,24). The van der Waals surface area contributed by atoms with E-state index in [0.29, 0.717) is 12.6 Å². The van der Waals surface area contributed by atoms with Crippen molar-refractivity contribution in [2.75, 3.05) is 33.7 Å². The van der Waals surface area contributed by atoms with Gasteiger partial charge in [0, 0.05) is 25.0 Å². The molecule has 7 heteroatoms. The average molecular weight is 335 g/mol. The molecule has 1 aromatic rings. The Hall–Kier alpha value is -1.54. The predicted octanol–water partition coefficient (Wildman–Crippen LogP) is -0.000900. The summed E-state index contributed by atoms with van der Waals surface area (Å²) < 4.78 is 13.5. The number of hydrogen-bond donors (Lipinski definition) is 4. The van der Waals surface area contributed by atoms with Crippen LogP contribution in [0.3, 0.4) is 0 Å². The second-order valence-electron chi connectivity index (χ2n) is 6.81. The van der Waals surface area contributed by atoms with Gasteiger partial charge in [-0.25, -0.2) is 9.82 Å². The molecule has 0 radical (unpaired) electrons. The quantitative estimate of drug-likeness (QED) is 0.610. The first-order valence-corrected chi connectivity index (χ1v) is 8.47. The van der Waals surface area contributed by atoms with Crippen LogP contribution in [0, 0.1) is 11.7 Å². The van der Waals surface area contributed by atoms with Crippen molar-refractivity contribution in [2.24, 2.45) is 5.92 Å². The summed E-state index contributed by atoms with van der Waals surface area (Å²) in [5, 5.41) is 6.37. The van der Waals surface area contributed by atoms with Gasteiger partial charge in [0.15, 0.2) is 0 Å². The smallest absolute Gasteiger partial charge is 0.238 e. The van der Waals surface area contributed by atoms with Crippen molar-refractivity contribution in [1.82, 2.24) is 26.4 Å². The molecule has 2 aliphatic rings. The monoisotopic (exact) mass is 335 g/mol. The summed E-state index contributed by atoms with van der Waals surface area (Å²) in [6.45, 7) is 2.26. The predicted molar refractivity (Wildman–Crippen MR) is 90.7 cm³/mol. The fourth-order valence-corrected chi connectivity index (χ4v) is 3.60.